The highest BCUT2D eigenvalue weighted by Gasteiger charge is 2.22. The predicted octanol–water partition coefficient (Wildman–Crippen LogP) is 2.69. The highest BCUT2D eigenvalue weighted by atomic mass is 35.5. The van der Waals surface area contributed by atoms with E-state index in [1.54, 1.807) is 0 Å². The topological polar surface area (TPSA) is 55.3 Å². The van der Waals surface area contributed by atoms with Crippen molar-refractivity contribution in [2.24, 2.45) is 11.7 Å². The molecule has 1 fully saturated rings. The zero-order valence-electron chi connectivity index (χ0n) is 11.9. The first-order chi connectivity index (χ1) is 8.06. The number of nitrogens with two attached hydrogens (primary N) is 1. The minimum atomic E-state index is 0. The fourth-order valence-corrected chi connectivity index (χ4v) is 2.43. The molecule has 0 spiro atoms. The molecule has 1 atom stereocenters. The smallest absolute Gasteiger partial charge is 0.208 e. The first-order valence-corrected chi connectivity index (χ1v) is 6.47. The van der Waals surface area contributed by atoms with E-state index >= 15 is 0 Å². The van der Waals surface area contributed by atoms with E-state index in [0.717, 1.165) is 37.0 Å². The number of piperidine rings is 1. The minimum Gasteiger partial charge on any atom is -0.444 e. The van der Waals surface area contributed by atoms with Crippen molar-refractivity contribution in [3.8, 4) is 0 Å². The van der Waals surface area contributed by atoms with E-state index in [0.29, 0.717) is 12.0 Å². The van der Waals surface area contributed by atoms with Crippen molar-refractivity contribution < 1.29 is 4.42 Å². The van der Waals surface area contributed by atoms with Crippen LogP contribution in [0.25, 0.3) is 0 Å². The molecule has 1 saturated heterocycles. The molecule has 2 rings (SSSR count). The Bertz CT molecular complexity index is 354. The second-order valence-corrected chi connectivity index (χ2v) is 5.22. The van der Waals surface area contributed by atoms with E-state index < -0.39 is 0 Å². The third kappa shape index (κ3) is 4.95. The van der Waals surface area contributed by atoms with Gasteiger partial charge in [0.1, 0.15) is 5.76 Å². The van der Waals surface area contributed by atoms with Gasteiger partial charge in [-0.1, -0.05) is 0 Å². The lowest BCUT2D eigenvalue weighted by Gasteiger charge is -2.32. The average molecular weight is 310 g/mol. The van der Waals surface area contributed by atoms with E-state index in [1.807, 2.05) is 13.8 Å². The molecule has 2 heterocycles. The molecule has 0 bridgehead atoms. The summed E-state index contributed by atoms with van der Waals surface area (Å²) in [5.74, 6) is 2.46. The second kappa shape index (κ2) is 8.10. The van der Waals surface area contributed by atoms with E-state index in [1.165, 1.54) is 12.8 Å². The molecule has 2 N–H and O–H groups in total. The van der Waals surface area contributed by atoms with Crippen LogP contribution in [-0.2, 0) is 6.54 Å². The molecule has 4 nitrogen and oxygen atoms in total. The van der Waals surface area contributed by atoms with Gasteiger partial charge in [-0.3, -0.25) is 4.90 Å². The molecular formula is C13H25Cl2N3O. The van der Waals surface area contributed by atoms with Crippen molar-refractivity contribution in [2.45, 2.75) is 46.2 Å². The Hall–Kier alpha value is -0.290. The number of aromatic nitrogens is 1. The molecule has 0 amide bonds. The third-order valence-corrected chi connectivity index (χ3v) is 3.81. The van der Waals surface area contributed by atoms with E-state index in [-0.39, 0.29) is 24.8 Å². The SMILES string of the molecule is Cc1nc(CN2CCC(C(C)N)CC2)oc1C.Cl.Cl. The molecule has 0 aliphatic carbocycles. The minimum absolute atomic E-state index is 0. The highest BCUT2D eigenvalue weighted by molar-refractivity contribution is 5.85. The van der Waals surface area contributed by atoms with Gasteiger partial charge in [0, 0.05) is 6.04 Å². The van der Waals surface area contributed by atoms with Gasteiger partial charge in [-0.25, -0.2) is 4.98 Å². The number of rotatable bonds is 3. The summed E-state index contributed by atoms with van der Waals surface area (Å²) in [6, 6.07) is 0.323. The Kier molecular flexibility index (Phi) is 7.98. The van der Waals surface area contributed by atoms with Crippen LogP contribution in [0.2, 0.25) is 0 Å². The lowest BCUT2D eigenvalue weighted by molar-refractivity contribution is 0.153. The van der Waals surface area contributed by atoms with Crippen molar-refractivity contribution in [1.82, 2.24) is 9.88 Å². The largest absolute Gasteiger partial charge is 0.444 e. The van der Waals surface area contributed by atoms with Gasteiger partial charge < -0.3 is 10.2 Å². The molecular weight excluding hydrogens is 285 g/mol. The molecule has 0 aromatic carbocycles. The van der Waals surface area contributed by atoms with Crippen molar-refractivity contribution in [3.05, 3.63) is 17.3 Å². The standard InChI is InChI=1S/C13H23N3O.2ClH/c1-9(14)12-4-6-16(7-5-12)8-13-15-10(2)11(3)17-13;;/h9,12H,4-8,14H2,1-3H3;2*1H. The van der Waals surface area contributed by atoms with Gasteiger partial charge in [0.25, 0.3) is 0 Å². The summed E-state index contributed by atoms with van der Waals surface area (Å²) in [7, 11) is 0. The molecule has 6 heteroatoms. The lowest BCUT2D eigenvalue weighted by Crippen LogP contribution is -2.39. The van der Waals surface area contributed by atoms with Crippen LogP contribution in [0, 0.1) is 19.8 Å². The van der Waals surface area contributed by atoms with Gasteiger partial charge in [0.2, 0.25) is 5.89 Å². The summed E-state index contributed by atoms with van der Waals surface area (Å²) in [4.78, 5) is 6.83. The van der Waals surface area contributed by atoms with Crippen molar-refractivity contribution in [1.29, 1.82) is 0 Å². The maximum absolute atomic E-state index is 5.94. The van der Waals surface area contributed by atoms with Gasteiger partial charge in [0.15, 0.2) is 0 Å². The Morgan fingerprint density at radius 3 is 2.32 bits per heavy atom. The van der Waals surface area contributed by atoms with Gasteiger partial charge in [0.05, 0.1) is 12.2 Å². The van der Waals surface area contributed by atoms with Crippen molar-refractivity contribution in [2.75, 3.05) is 13.1 Å². The number of hydrogen-bond donors (Lipinski definition) is 1. The summed E-state index contributed by atoms with van der Waals surface area (Å²) in [5.41, 5.74) is 6.94. The summed E-state index contributed by atoms with van der Waals surface area (Å²) in [6.07, 6.45) is 2.38. The molecule has 1 aromatic heterocycles. The van der Waals surface area contributed by atoms with E-state index in [4.69, 9.17) is 10.2 Å². The van der Waals surface area contributed by atoms with Gasteiger partial charge in [-0.05, 0) is 52.6 Å². The van der Waals surface area contributed by atoms with Crippen LogP contribution in [0.3, 0.4) is 0 Å². The normalized spacial score (nSPS) is 18.5. The maximum atomic E-state index is 5.94. The summed E-state index contributed by atoms with van der Waals surface area (Å²) < 4.78 is 5.61. The summed E-state index contributed by atoms with van der Waals surface area (Å²) in [5, 5.41) is 0. The van der Waals surface area contributed by atoms with Crippen LogP contribution in [0.4, 0.5) is 0 Å². The molecule has 1 aliphatic rings. The predicted molar refractivity (Wildman–Crippen MR) is 82.1 cm³/mol. The zero-order chi connectivity index (χ0) is 12.4. The molecule has 112 valence electrons. The second-order valence-electron chi connectivity index (χ2n) is 5.22. The van der Waals surface area contributed by atoms with Crippen LogP contribution in [-0.4, -0.2) is 29.0 Å². The van der Waals surface area contributed by atoms with Crippen LogP contribution in [0.5, 0.6) is 0 Å². The van der Waals surface area contributed by atoms with Crippen LogP contribution >= 0.6 is 24.8 Å². The number of oxazole rings is 1. The lowest BCUT2D eigenvalue weighted by atomic mass is 9.91. The Morgan fingerprint density at radius 1 is 1.32 bits per heavy atom. The maximum Gasteiger partial charge on any atom is 0.208 e. The monoisotopic (exact) mass is 309 g/mol. The molecule has 0 radical (unpaired) electrons. The first-order valence-electron chi connectivity index (χ1n) is 6.47. The summed E-state index contributed by atoms with van der Waals surface area (Å²) >= 11 is 0. The van der Waals surface area contributed by atoms with Crippen LogP contribution < -0.4 is 5.73 Å². The molecule has 1 aliphatic heterocycles. The number of nitrogens with zero attached hydrogens (tertiary/aromatic N) is 2. The third-order valence-electron chi connectivity index (χ3n) is 3.81. The summed E-state index contributed by atoms with van der Waals surface area (Å²) in [6.45, 7) is 9.11. The Morgan fingerprint density at radius 2 is 1.89 bits per heavy atom. The van der Waals surface area contributed by atoms with Gasteiger partial charge in [-0.15, -0.1) is 24.8 Å². The molecule has 1 unspecified atom stereocenters. The molecule has 1 aromatic rings. The first kappa shape index (κ1) is 18.7. The van der Waals surface area contributed by atoms with E-state index in [2.05, 4.69) is 16.8 Å². The number of likely N-dealkylation sites (tertiary alicyclic amines) is 1. The van der Waals surface area contributed by atoms with Crippen molar-refractivity contribution >= 4 is 24.8 Å². The Balaban J connectivity index is 0.00000162. The quantitative estimate of drug-likeness (QED) is 0.932. The van der Waals surface area contributed by atoms with Gasteiger partial charge >= 0.3 is 0 Å². The van der Waals surface area contributed by atoms with Crippen molar-refractivity contribution in [3.63, 3.8) is 0 Å². The fraction of sp³-hybridized carbons (Fsp3) is 0.769. The number of halogens is 2. The average Bonchev–Trinajstić information content (AvgIpc) is 2.58. The number of hydrogen-bond acceptors (Lipinski definition) is 4. The Labute approximate surface area is 127 Å². The van der Waals surface area contributed by atoms with Crippen LogP contribution in [0.1, 0.15) is 37.1 Å². The highest BCUT2D eigenvalue weighted by Crippen LogP contribution is 2.21. The van der Waals surface area contributed by atoms with E-state index in [9.17, 15) is 0 Å². The van der Waals surface area contributed by atoms with Crippen LogP contribution in [0.15, 0.2) is 4.42 Å². The fourth-order valence-electron chi connectivity index (χ4n) is 2.43. The molecule has 19 heavy (non-hydrogen) atoms. The van der Waals surface area contributed by atoms with Gasteiger partial charge in [-0.2, -0.15) is 0 Å². The molecule has 0 saturated carbocycles. The number of aryl methyl sites for hydroxylation is 2. The zero-order valence-corrected chi connectivity index (χ0v) is 13.5.